The molecule has 32 heavy (non-hydrogen) atoms. The molecule has 1 saturated heterocycles. The SMILES string of the molecule is O=C1CCCN1C[C@@H](NC(=O)C12C[C@H]3C[C@@H](CC(Cl)(C3)C1)C2)c1cccc(C(F)(F)F)c1. The third kappa shape index (κ3) is 4.02. The Balaban J connectivity index is 1.42. The van der Waals surface area contributed by atoms with Gasteiger partial charge in [-0.1, -0.05) is 12.1 Å². The summed E-state index contributed by atoms with van der Waals surface area (Å²) >= 11 is 6.89. The highest BCUT2D eigenvalue weighted by atomic mass is 35.5. The molecule has 4 nitrogen and oxygen atoms in total. The molecule has 1 aromatic rings. The number of carbonyl (C=O) groups is 2. The molecule has 1 heterocycles. The van der Waals surface area contributed by atoms with Gasteiger partial charge in [0.2, 0.25) is 11.8 Å². The first-order valence-electron chi connectivity index (χ1n) is 11.5. The number of rotatable bonds is 5. The molecule has 5 fully saturated rings. The van der Waals surface area contributed by atoms with Crippen molar-refractivity contribution in [2.24, 2.45) is 17.3 Å². The fraction of sp³-hybridized carbons (Fsp3) is 0.667. The summed E-state index contributed by atoms with van der Waals surface area (Å²) < 4.78 is 40.0. The lowest BCUT2D eigenvalue weighted by Gasteiger charge is -2.59. The number of amides is 2. The number of carbonyl (C=O) groups excluding carboxylic acids is 2. The summed E-state index contributed by atoms with van der Waals surface area (Å²) in [6.07, 6.45) is 1.90. The van der Waals surface area contributed by atoms with E-state index in [1.807, 2.05) is 0 Å². The molecular weight excluding hydrogens is 441 g/mol. The van der Waals surface area contributed by atoms with Gasteiger partial charge in [0.05, 0.1) is 17.0 Å². The Morgan fingerprint density at radius 3 is 2.53 bits per heavy atom. The van der Waals surface area contributed by atoms with Crippen LogP contribution in [0.5, 0.6) is 0 Å². The fourth-order valence-electron chi connectivity index (χ4n) is 7.01. The first-order valence-corrected chi connectivity index (χ1v) is 11.9. The summed E-state index contributed by atoms with van der Waals surface area (Å²) in [5.41, 5.74) is -0.935. The van der Waals surface area contributed by atoms with Gasteiger partial charge >= 0.3 is 6.18 Å². The van der Waals surface area contributed by atoms with E-state index in [9.17, 15) is 22.8 Å². The van der Waals surface area contributed by atoms with E-state index in [-0.39, 0.29) is 23.2 Å². The van der Waals surface area contributed by atoms with Crippen LogP contribution in [-0.2, 0) is 15.8 Å². The van der Waals surface area contributed by atoms with Crippen LogP contribution in [0.1, 0.15) is 68.5 Å². The average molecular weight is 469 g/mol. The second-order valence-corrected chi connectivity index (χ2v) is 11.3. The van der Waals surface area contributed by atoms with Gasteiger partial charge in [0.1, 0.15) is 0 Å². The number of nitrogens with zero attached hydrogens (tertiary/aromatic N) is 1. The van der Waals surface area contributed by atoms with Crippen LogP contribution in [-0.4, -0.2) is 34.7 Å². The van der Waals surface area contributed by atoms with Gasteiger partial charge in [0.15, 0.2) is 0 Å². The lowest BCUT2D eigenvalue weighted by Crippen LogP contribution is -2.59. The number of likely N-dealkylation sites (tertiary alicyclic amines) is 1. The van der Waals surface area contributed by atoms with Crippen molar-refractivity contribution in [1.29, 1.82) is 0 Å². The van der Waals surface area contributed by atoms with Crippen LogP contribution >= 0.6 is 11.6 Å². The Hall–Kier alpha value is -1.76. The molecule has 0 radical (unpaired) electrons. The van der Waals surface area contributed by atoms with Crippen molar-refractivity contribution in [2.45, 2.75) is 68.5 Å². The maximum absolute atomic E-state index is 13.7. The standard InChI is InChI=1S/C24H28ClF3N2O2/c25-23-11-15-7-16(12-23)10-22(9-15,14-23)21(32)29-19(13-30-6-2-5-20(30)31)17-3-1-4-18(8-17)24(26,27)28/h1,3-4,8,15-16,19H,2,5-7,9-14H2,(H,29,32)/t15-,16-,19-,22?,23?/m1/s1. The smallest absolute Gasteiger partial charge is 0.347 e. The van der Waals surface area contributed by atoms with Crippen LogP contribution in [0.4, 0.5) is 13.2 Å². The molecule has 4 saturated carbocycles. The van der Waals surface area contributed by atoms with E-state index in [1.54, 1.807) is 11.0 Å². The Morgan fingerprint density at radius 1 is 1.22 bits per heavy atom. The number of hydrogen-bond donors (Lipinski definition) is 1. The molecule has 0 unspecified atom stereocenters. The molecule has 4 bridgehead atoms. The van der Waals surface area contributed by atoms with Crippen LogP contribution in [0, 0.1) is 17.3 Å². The zero-order valence-electron chi connectivity index (χ0n) is 17.9. The van der Waals surface area contributed by atoms with Crippen molar-refractivity contribution in [3.8, 4) is 0 Å². The van der Waals surface area contributed by atoms with Gasteiger partial charge in [-0.25, -0.2) is 0 Å². The van der Waals surface area contributed by atoms with E-state index in [0.29, 0.717) is 36.8 Å². The third-order valence-corrected chi connectivity index (χ3v) is 8.41. The molecule has 174 valence electrons. The van der Waals surface area contributed by atoms with Crippen molar-refractivity contribution < 1.29 is 22.8 Å². The van der Waals surface area contributed by atoms with Crippen LogP contribution in [0.25, 0.3) is 0 Å². The summed E-state index contributed by atoms with van der Waals surface area (Å²) in [6.45, 7) is 0.741. The predicted octanol–water partition coefficient (Wildman–Crippen LogP) is 5.06. The molecule has 8 heteroatoms. The monoisotopic (exact) mass is 468 g/mol. The lowest BCUT2D eigenvalue weighted by atomic mass is 9.49. The average Bonchev–Trinajstić information content (AvgIpc) is 3.09. The molecule has 5 aliphatic rings. The zero-order chi connectivity index (χ0) is 22.7. The van der Waals surface area contributed by atoms with Crippen molar-refractivity contribution in [3.63, 3.8) is 0 Å². The van der Waals surface area contributed by atoms with E-state index >= 15 is 0 Å². The van der Waals surface area contributed by atoms with Crippen LogP contribution in [0.2, 0.25) is 0 Å². The Bertz CT molecular complexity index is 920. The second kappa shape index (κ2) is 7.64. The van der Waals surface area contributed by atoms with Gasteiger partial charge in [-0.2, -0.15) is 13.2 Å². The van der Waals surface area contributed by atoms with E-state index in [2.05, 4.69) is 5.32 Å². The van der Waals surface area contributed by atoms with Crippen molar-refractivity contribution in [3.05, 3.63) is 35.4 Å². The van der Waals surface area contributed by atoms with E-state index in [1.165, 1.54) is 6.07 Å². The Labute approximate surface area is 190 Å². The van der Waals surface area contributed by atoms with Gasteiger partial charge < -0.3 is 10.2 Å². The lowest BCUT2D eigenvalue weighted by molar-refractivity contribution is -0.146. The number of benzene rings is 1. The summed E-state index contributed by atoms with van der Waals surface area (Å²) in [6, 6.07) is 4.39. The van der Waals surface area contributed by atoms with E-state index in [4.69, 9.17) is 11.6 Å². The highest BCUT2D eigenvalue weighted by Crippen LogP contribution is 2.64. The van der Waals surface area contributed by atoms with Crippen molar-refractivity contribution >= 4 is 23.4 Å². The summed E-state index contributed by atoms with van der Waals surface area (Å²) in [5, 5.41) is 3.07. The second-order valence-electron chi connectivity index (χ2n) is 10.5. The minimum Gasteiger partial charge on any atom is -0.347 e. The van der Waals surface area contributed by atoms with Gasteiger partial charge in [0, 0.05) is 24.4 Å². The molecule has 2 amide bonds. The van der Waals surface area contributed by atoms with E-state index < -0.39 is 23.2 Å². The topological polar surface area (TPSA) is 49.4 Å². The van der Waals surface area contributed by atoms with Gasteiger partial charge in [-0.05, 0) is 74.5 Å². The van der Waals surface area contributed by atoms with Gasteiger partial charge in [-0.3, -0.25) is 9.59 Å². The van der Waals surface area contributed by atoms with Crippen LogP contribution in [0.3, 0.4) is 0 Å². The van der Waals surface area contributed by atoms with Gasteiger partial charge in [-0.15, -0.1) is 11.6 Å². The molecule has 6 rings (SSSR count). The minimum atomic E-state index is -4.47. The fourth-order valence-corrected chi connectivity index (χ4v) is 7.70. The maximum Gasteiger partial charge on any atom is 0.416 e. The molecule has 4 aliphatic carbocycles. The number of nitrogens with one attached hydrogen (secondary N) is 1. The van der Waals surface area contributed by atoms with Crippen LogP contribution in [0.15, 0.2) is 24.3 Å². The zero-order valence-corrected chi connectivity index (χ0v) is 18.6. The molecule has 1 N–H and O–H groups in total. The minimum absolute atomic E-state index is 0.0225. The highest BCUT2D eigenvalue weighted by Gasteiger charge is 2.60. The molecule has 1 aromatic carbocycles. The molecule has 0 spiro atoms. The summed E-state index contributed by atoms with van der Waals surface area (Å²) in [5.74, 6) is 0.731. The third-order valence-electron chi connectivity index (χ3n) is 7.97. The summed E-state index contributed by atoms with van der Waals surface area (Å²) in [7, 11) is 0. The first-order chi connectivity index (χ1) is 15.1. The number of hydrogen-bond acceptors (Lipinski definition) is 2. The largest absolute Gasteiger partial charge is 0.416 e. The molecule has 3 atom stereocenters. The predicted molar refractivity (Wildman–Crippen MR) is 114 cm³/mol. The number of alkyl halides is 4. The van der Waals surface area contributed by atoms with Crippen LogP contribution < -0.4 is 5.32 Å². The normalized spacial score (nSPS) is 34.8. The summed E-state index contributed by atoms with van der Waals surface area (Å²) in [4.78, 5) is 27.2. The highest BCUT2D eigenvalue weighted by molar-refractivity contribution is 6.24. The van der Waals surface area contributed by atoms with E-state index in [0.717, 1.165) is 50.7 Å². The first kappa shape index (κ1) is 22.1. The molecular formula is C24H28ClF3N2O2. The molecule has 1 aliphatic heterocycles. The number of halogens is 4. The quantitative estimate of drug-likeness (QED) is 0.614. The Kier molecular flexibility index (Phi) is 5.27. The maximum atomic E-state index is 13.7. The Morgan fingerprint density at radius 2 is 1.94 bits per heavy atom. The molecule has 0 aromatic heterocycles. The van der Waals surface area contributed by atoms with Gasteiger partial charge in [0.25, 0.3) is 0 Å². The van der Waals surface area contributed by atoms with Crippen molar-refractivity contribution in [2.75, 3.05) is 13.1 Å². The van der Waals surface area contributed by atoms with Crippen molar-refractivity contribution in [1.82, 2.24) is 10.2 Å².